The van der Waals surface area contributed by atoms with Crippen molar-refractivity contribution >= 4 is 29.0 Å². The number of hydrogen-bond donors (Lipinski definition) is 2. The third kappa shape index (κ3) is 4.37. The van der Waals surface area contributed by atoms with Gasteiger partial charge in [0.1, 0.15) is 5.82 Å². The van der Waals surface area contributed by atoms with Gasteiger partial charge in [0.05, 0.1) is 0 Å². The fourth-order valence-electron chi connectivity index (χ4n) is 2.38. The van der Waals surface area contributed by atoms with Crippen LogP contribution in [0.4, 0.5) is 11.5 Å². The Bertz CT molecular complexity index is 908. The Balaban J connectivity index is 1.62. The molecule has 1 heterocycles. The number of anilines is 2. The van der Waals surface area contributed by atoms with Gasteiger partial charge in [-0.1, -0.05) is 47.5 Å². The van der Waals surface area contributed by atoms with Crippen molar-refractivity contribution in [3.63, 3.8) is 0 Å². The first-order valence-corrected chi connectivity index (χ1v) is 8.60. The van der Waals surface area contributed by atoms with Crippen molar-refractivity contribution in [1.82, 2.24) is 10.2 Å². The maximum atomic E-state index is 12.3. The maximum absolute atomic E-state index is 12.3. The van der Waals surface area contributed by atoms with E-state index in [-0.39, 0.29) is 11.6 Å². The largest absolute Gasteiger partial charge is 0.365 e. The monoisotopic (exact) mass is 366 g/mol. The number of aromatic nitrogens is 2. The van der Waals surface area contributed by atoms with Crippen LogP contribution in [0.2, 0.25) is 5.02 Å². The van der Waals surface area contributed by atoms with Crippen LogP contribution in [0, 0.1) is 13.8 Å². The zero-order chi connectivity index (χ0) is 18.5. The fourth-order valence-corrected chi connectivity index (χ4v) is 2.55. The van der Waals surface area contributed by atoms with Crippen molar-refractivity contribution in [2.24, 2.45) is 0 Å². The summed E-state index contributed by atoms with van der Waals surface area (Å²) in [6.45, 7) is 4.54. The Morgan fingerprint density at radius 1 is 1.00 bits per heavy atom. The number of nitrogens with zero attached hydrogens (tertiary/aromatic N) is 2. The van der Waals surface area contributed by atoms with E-state index in [1.165, 1.54) is 5.56 Å². The van der Waals surface area contributed by atoms with E-state index in [4.69, 9.17) is 11.6 Å². The number of aryl methyl sites for hydroxylation is 1. The quantitative estimate of drug-likeness (QED) is 0.691. The molecular formula is C20H19ClN4O. The summed E-state index contributed by atoms with van der Waals surface area (Å²) in [6.07, 6.45) is 0. The van der Waals surface area contributed by atoms with Crippen molar-refractivity contribution in [2.45, 2.75) is 20.4 Å². The Hall–Kier alpha value is -2.92. The highest BCUT2D eigenvalue weighted by molar-refractivity contribution is 6.31. The summed E-state index contributed by atoms with van der Waals surface area (Å²) < 4.78 is 0. The molecule has 0 spiro atoms. The molecule has 1 aromatic heterocycles. The molecule has 2 N–H and O–H groups in total. The first-order valence-electron chi connectivity index (χ1n) is 8.22. The molecule has 1 amide bonds. The molecule has 0 saturated heterocycles. The lowest BCUT2D eigenvalue weighted by Crippen LogP contribution is -2.15. The van der Waals surface area contributed by atoms with Gasteiger partial charge in [0.25, 0.3) is 5.91 Å². The molecule has 0 atom stereocenters. The van der Waals surface area contributed by atoms with Crippen LogP contribution < -0.4 is 10.6 Å². The number of nitrogens with one attached hydrogen (secondary N) is 2. The van der Waals surface area contributed by atoms with Gasteiger partial charge in [-0.25, -0.2) is 0 Å². The lowest BCUT2D eigenvalue weighted by atomic mass is 10.1. The summed E-state index contributed by atoms with van der Waals surface area (Å²) in [5.41, 5.74) is 4.08. The summed E-state index contributed by atoms with van der Waals surface area (Å²) >= 11 is 6.07. The molecule has 0 aliphatic heterocycles. The highest BCUT2D eigenvalue weighted by atomic mass is 35.5. The van der Waals surface area contributed by atoms with Gasteiger partial charge in [-0.2, -0.15) is 0 Å². The molecule has 0 radical (unpaired) electrons. The van der Waals surface area contributed by atoms with Gasteiger partial charge in [0.2, 0.25) is 0 Å². The minimum absolute atomic E-state index is 0.241. The molecule has 0 aliphatic rings. The highest BCUT2D eigenvalue weighted by Crippen LogP contribution is 2.23. The third-order valence-corrected chi connectivity index (χ3v) is 4.42. The molecule has 0 unspecified atom stereocenters. The van der Waals surface area contributed by atoms with E-state index in [1.807, 2.05) is 6.92 Å². The van der Waals surface area contributed by atoms with Crippen LogP contribution in [0.3, 0.4) is 0 Å². The van der Waals surface area contributed by atoms with E-state index >= 15 is 0 Å². The normalized spacial score (nSPS) is 10.4. The summed E-state index contributed by atoms with van der Waals surface area (Å²) in [5, 5.41) is 14.7. The first-order chi connectivity index (χ1) is 12.5. The topological polar surface area (TPSA) is 66.9 Å². The number of benzene rings is 2. The molecule has 3 rings (SSSR count). The first kappa shape index (κ1) is 17.9. The van der Waals surface area contributed by atoms with Gasteiger partial charge < -0.3 is 10.6 Å². The molecule has 2 aromatic carbocycles. The van der Waals surface area contributed by atoms with E-state index in [2.05, 4.69) is 52.0 Å². The van der Waals surface area contributed by atoms with Crippen molar-refractivity contribution < 1.29 is 4.79 Å². The van der Waals surface area contributed by atoms with Crippen LogP contribution in [0.1, 0.15) is 27.2 Å². The number of amides is 1. The van der Waals surface area contributed by atoms with Crippen molar-refractivity contribution in [3.05, 3.63) is 82.0 Å². The molecule has 6 heteroatoms. The average molecular weight is 367 g/mol. The minimum Gasteiger partial charge on any atom is -0.365 e. The van der Waals surface area contributed by atoms with Crippen LogP contribution in [0.15, 0.2) is 54.6 Å². The zero-order valence-corrected chi connectivity index (χ0v) is 15.3. The van der Waals surface area contributed by atoms with Crippen LogP contribution in [-0.2, 0) is 6.54 Å². The molecule has 0 aliphatic carbocycles. The van der Waals surface area contributed by atoms with Crippen LogP contribution in [0.5, 0.6) is 0 Å². The Labute approximate surface area is 157 Å². The summed E-state index contributed by atoms with van der Waals surface area (Å²) in [6, 6.07) is 17.0. The number of rotatable bonds is 5. The van der Waals surface area contributed by atoms with E-state index < -0.39 is 0 Å². The predicted molar refractivity (Wildman–Crippen MR) is 105 cm³/mol. The third-order valence-electron chi connectivity index (χ3n) is 4.01. The maximum Gasteiger partial charge on any atom is 0.276 e. The lowest BCUT2D eigenvalue weighted by molar-refractivity contribution is 0.102. The van der Waals surface area contributed by atoms with E-state index in [1.54, 1.807) is 30.3 Å². The fraction of sp³-hybridized carbons (Fsp3) is 0.150. The van der Waals surface area contributed by atoms with E-state index in [0.29, 0.717) is 23.1 Å². The Kier molecular flexibility index (Phi) is 5.49. The number of hydrogen-bond acceptors (Lipinski definition) is 4. The minimum atomic E-state index is -0.326. The van der Waals surface area contributed by atoms with Crippen LogP contribution in [0.25, 0.3) is 0 Å². The summed E-state index contributed by atoms with van der Waals surface area (Å²) in [5.74, 6) is 0.286. The standard InChI is InChI=1S/C20H19ClN4O/c1-13-6-8-15(9-7-13)12-22-19-11-10-18(24-25-19)20(26)23-17-5-3-4-16(21)14(17)2/h3-11H,12H2,1-2H3,(H,22,25)(H,23,26). The lowest BCUT2D eigenvalue weighted by Gasteiger charge is -2.09. The van der Waals surface area contributed by atoms with E-state index in [0.717, 1.165) is 11.1 Å². The molecule has 0 saturated carbocycles. The van der Waals surface area contributed by atoms with E-state index in [9.17, 15) is 4.79 Å². The summed E-state index contributed by atoms with van der Waals surface area (Å²) in [4.78, 5) is 12.3. The van der Waals surface area contributed by atoms with Gasteiger partial charge in [-0.3, -0.25) is 4.79 Å². The second-order valence-corrected chi connectivity index (χ2v) is 6.42. The second kappa shape index (κ2) is 7.97. The van der Waals surface area contributed by atoms with Crippen molar-refractivity contribution in [2.75, 3.05) is 10.6 Å². The van der Waals surface area contributed by atoms with Gasteiger partial charge >= 0.3 is 0 Å². The van der Waals surface area contributed by atoms with Crippen LogP contribution >= 0.6 is 11.6 Å². The number of carbonyl (C=O) groups is 1. The second-order valence-electron chi connectivity index (χ2n) is 6.01. The molecule has 3 aromatic rings. The van der Waals surface area contributed by atoms with Crippen molar-refractivity contribution in [3.8, 4) is 0 Å². The predicted octanol–water partition coefficient (Wildman–Crippen LogP) is 4.61. The number of carbonyl (C=O) groups excluding carboxylic acids is 1. The summed E-state index contributed by atoms with van der Waals surface area (Å²) in [7, 11) is 0. The van der Waals surface area contributed by atoms with Gasteiger partial charge in [-0.15, -0.1) is 10.2 Å². The van der Waals surface area contributed by atoms with Gasteiger partial charge in [0, 0.05) is 17.3 Å². The van der Waals surface area contributed by atoms with Crippen LogP contribution in [-0.4, -0.2) is 16.1 Å². The average Bonchev–Trinajstić information content (AvgIpc) is 2.65. The Morgan fingerprint density at radius 2 is 1.77 bits per heavy atom. The zero-order valence-electron chi connectivity index (χ0n) is 14.6. The SMILES string of the molecule is Cc1ccc(CNc2ccc(C(=O)Nc3cccc(Cl)c3C)nn2)cc1. The van der Waals surface area contributed by atoms with Gasteiger partial charge in [-0.05, 0) is 49.2 Å². The molecule has 132 valence electrons. The molecule has 0 fully saturated rings. The van der Waals surface area contributed by atoms with Gasteiger partial charge in [0.15, 0.2) is 5.69 Å². The smallest absolute Gasteiger partial charge is 0.276 e. The molecular weight excluding hydrogens is 348 g/mol. The number of halogens is 1. The molecule has 26 heavy (non-hydrogen) atoms. The van der Waals surface area contributed by atoms with Crippen molar-refractivity contribution in [1.29, 1.82) is 0 Å². The Morgan fingerprint density at radius 3 is 2.46 bits per heavy atom. The molecule has 0 bridgehead atoms. The highest BCUT2D eigenvalue weighted by Gasteiger charge is 2.11. The molecule has 5 nitrogen and oxygen atoms in total.